The fraction of sp³-hybridized carbons (Fsp3) is 0.400. The first-order chi connectivity index (χ1) is 12.7. The largest absolute Gasteiger partial charge is 0.357 e. The number of guanidine groups is 1. The average Bonchev–Trinajstić information content (AvgIpc) is 3.30. The summed E-state index contributed by atoms with van der Waals surface area (Å²) in [6.07, 6.45) is 1.67. The quantitative estimate of drug-likeness (QED) is 0.582. The molecule has 2 N–H and O–H groups in total. The number of likely N-dealkylation sites (tertiary alicyclic amines) is 1. The van der Waals surface area contributed by atoms with Crippen molar-refractivity contribution in [1.29, 1.82) is 0 Å². The molecule has 2 heterocycles. The van der Waals surface area contributed by atoms with Gasteiger partial charge in [0.25, 0.3) is 0 Å². The third-order valence-corrected chi connectivity index (χ3v) is 5.07. The number of rotatable bonds is 7. The number of carbonyl (C=O) groups is 1. The van der Waals surface area contributed by atoms with Crippen LogP contribution in [0.1, 0.15) is 36.5 Å². The molecule has 1 aliphatic heterocycles. The van der Waals surface area contributed by atoms with Crippen LogP contribution in [0.4, 0.5) is 0 Å². The molecule has 2 aromatic rings. The Labute approximate surface area is 159 Å². The van der Waals surface area contributed by atoms with E-state index in [1.807, 2.05) is 4.90 Å². The number of hydrogen-bond acceptors (Lipinski definition) is 3. The molecule has 0 atom stereocenters. The van der Waals surface area contributed by atoms with Crippen LogP contribution in [-0.4, -0.2) is 29.9 Å². The molecule has 0 radical (unpaired) electrons. The van der Waals surface area contributed by atoms with Gasteiger partial charge in [-0.3, -0.25) is 4.79 Å². The molecule has 0 aliphatic carbocycles. The van der Waals surface area contributed by atoms with Gasteiger partial charge in [-0.1, -0.05) is 24.3 Å². The molecule has 6 heteroatoms. The van der Waals surface area contributed by atoms with Crippen molar-refractivity contribution in [2.75, 3.05) is 13.1 Å². The zero-order chi connectivity index (χ0) is 18.2. The van der Waals surface area contributed by atoms with Crippen molar-refractivity contribution in [2.24, 2.45) is 4.99 Å². The Morgan fingerprint density at radius 3 is 2.85 bits per heavy atom. The van der Waals surface area contributed by atoms with E-state index in [1.54, 1.807) is 11.3 Å². The van der Waals surface area contributed by atoms with Crippen molar-refractivity contribution >= 4 is 23.2 Å². The van der Waals surface area contributed by atoms with Crippen LogP contribution in [-0.2, 0) is 24.4 Å². The van der Waals surface area contributed by atoms with Crippen LogP contribution in [0.2, 0.25) is 0 Å². The molecule has 1 aliphatic rings. The molecule has 1 amide bonds. The second kappa shape index (κ2) is 9.38. The van der Waals surface area contributed by atoms with Crippen molar-refractivity contribution in [3.05, 3.63) is 57.8 Å². The van der Waals surface area contributed by atoms with Gasteiger partial charge < -0.3 is 15.5 Å². The number of amides is 1. The molecule has 0 unspecified atom stereocenters. The number of thiophene rings is 1. The van der Waals surface area contributed by atoms with E-state index in [2.05, 4.69) is 63.6 Å². The lowest BCUT2D eigenvalue weighted by atomic mass is 10.1. The summed E-state index contributed by atoms with van der Waals surface area (Å²) in [6.45, 7) is 5.86. The van der Waals surface area contributed by atoms with Crippen LogP contribution in [0.15, 0.2) is 46.1 Å². The Balaban J connectivity index is 1.57. The summed E-state index contributed by atoms with van der Waals surface area (Å²) in [4.78, 5) is 18.4. The normalized spacial score (nSPS) is 14.7. The Hall–Kier alpha value is -2.34. The summed E-state index contributed by atoms with van der Waals surface area (Å²) in [6, 6.07) is 10.5. The molecule has 1 fully saturated rings. The van der Waals surface area contributed by atoms with Crippen LogP contribution in [0.5, 0.6) is 0 Å². The van der Waals surface area contributed by atoms with E-state index in [9.17, 15) is 4.79 Å². The van der Waals surface area contributed by atoms with E-state index < -0.39 is 0 Å². The molecule has 1 aromatic heterocycles. The second-order valence-electron chi connectivity index (χ2n) is 6.42. The van der Waals surface area contributed by atoms with Gasteiger partial charge in [0.1, 0.15) is 0 Å². The lowest BCUT2D eigenvalue weighted by Gasteiger charge is -2.16. The zero-order valence-electron chi connectivity index (χ0n) is 15.2. The number of hydrogen-bond donors (Lipinski definition) is 2. The van der Waals surface area contributed by atoms with E-state index in [0.29, 0.717) is 26.1 Å². The Bertz CT molecular complexity index is 742. The van der Waals surface area contributed by atoms with Crippen molar-refractivity contribution < 1.29 is 4.79 Å². The highest BCUT2D eigenvalue weighted by atomic mass is 32.1. The molecule has 0 bridgehead atoms. The van der Waals surface area contributed by atoms with Crippen molar-refractivity contribution in [2.45, 2.75) is 39.4 Å². The van der Waals surface area contributed by atoms with Crippen molar-refractivity contribution in [3.63, 3.8) is 0 Å². The molecule has 1 saturated heterocycles. The third-order valence-electron chi connectivity index (χ3n) is 4.34. The van der Waals surface area contributed by atoms with Gasteiger partial charge >= 0.3 is 0 Å². The van der Waals surface area contributed by atoms with Crippen LogP contribution in [0.25, 0.3) is 0 Å². The molecule has 5 nitrogen and oxygen atoms in total. The molecule has 1 aromatic carbocycles. The Morgan fingerprint density at radius 2 is 2.12 bits per heavy atom. The fourth-order valence-corrected chi connectivity index (χ4v) is 3.67. The highest BCUT2D eigenvalue weighted by Gasteiger charge is 2.19. The number of nitrogens with one attached hydrogen (secondary N) is 2. The summed E-state index contributed by atoms with van der Waals surface area (Å²) in [5.74, 6) is 1.09. The average molecular weight is 371 g/mol. The van der Waals surface area contributed by atoms with Gasteiger partial charge in [0.2, 0.25) is 5.91 Å². The summed E-state index contributed by atoms with van der Waals surface area (Å²) in [7, 11) is 0. The highest BCUT2D eigenvalue weighted by molar-refractivity contribution is 7.07. The lowest BCUT2D eigenvalue weighted by molar-refractivity contribution is -0.128. The smallest absolute Gasteiger partial charge is 0.222 e. The molecule has 0 saturated carbocycles. The van der Waals surface area contributed by atoms with E-state index >= 15 is 0 Å². The summed E-state index contributed by atoms with van der Waals surface area (Å²) in [5, 5.41) is 10.9. The fourth-order valence-electron chi connectivity index (χ4n) is 3.01. The first-order valence-corrected chi connectivity index (χ1v) is 10.1. The van der Waals surface area contributed by atoms with E-state index in [0.717, 1.165) is 25.5 Å². The molecular weight excluding hydrogens is 344 g/mol. The van der Waals surface area contributed by atoms with Crippen molar-refractivity contribution in [3.8, 4) is 0 Å². The van der Waals surface area contributed by atoms with Crippen LogP contribution < -0.4 is 10.6 Å². The lowest BCUT2D eigenvalue weighted by Crippen LogP contribution is -2.36. The Kier molecular flexibility index (Phi) is 6.66. The first-order valence-electron chi connectivity index (χ1n) is 9.13. The highest BCUT2D eigenvalue weighted by Crippen LogP contribution is 2.15. The molecule has 138 valence electrons. The SMILES string of the molecule is CCNC(=NCc1ccsc1)NCc1cccc(CN2CCCC2=O)c1. The van der Waals surface area contributed by atoms with Gasteiger partial charge in [-0.25, -0.2) is 4.99 Å². The molecule has 26 heavy (non-hydrogen) atoms. The minimum absolute atomic E-state index is 0.267. The maximum Gasteiger partial charge on any atom is 0.222 e. The van der Waals surface area contributed by atoms with Gasteiger partial charge in [0.05, 0.1) is 6.54 Å². The van der Waals surface area contributed by atoms with Gasteiger partial charge in [0.15, 0.2) is 5.96 Å². The maximum atomic E-state index is 11.8. The van der Waals surface area contributed by atoms with Crippen LogP contribution in [0.3, 0.4) is 0 Å². The van der Waals surface area contributed by atoms with Gasteiger partial charge in [-0.05, 0) is 46.9 Å². The first kappa shape index (κ1) is 18.5. The number of aliphatic imine (C=N–C) groups is 1. The minimum Gasteiger partial charge on any atom is -0.357 e. The Morgan fingerprint density at radius 1 is 1.23 bits per heavy atom. The second-order valence-corrected chi connectivity index (χ2v) is 7.20. The summed E-state index contributed by atoms with van der Waals surface area (Å²) >= 11 is 1.69. The standard InChI is InChI=1S/C20H26N4OS/c1-2-21-20(23-13-18-8-10-26-15-18)22-12-16-5-3-6-17(11-16)14-24-9-4-7-19(24)25/h3,5-6,8,10-11,15H,2,4,7,9,12-14H2,1H3,(H2,21,22,23). The minimum atomic E-state index is 0.267. The number of nitrogens with zero attached hydrogens (tertiary/aromatic N) is 2. The van der Waals surface area contributed by atoms with Gasteiger partial charge in [0, 0.05) is 32.6 Å². The number of benzene rings is 1. The van der Waals surface area contributed by atoms with E-state index in [1.165, 1.54) is 16.7 Å². The van der Waals surface area contributed by atoms with Crippen LogP contribution >= 0.6 is 11.3 Å². The number of carbonyl (C=O) groups excluding carboxylic acids is 1. The maximum absolute atomic E-state index is 11.8. The summed E-state index contributed by atoms with van der Waals surface area (Å²) < 4.78 is 0. The summed E-state index contributed by atoms with van der Waals surface area (Å²) in [5.41, 5.74) is 3.60. The van der Waals surface area contributed by atoms with Crippen LogP contribution in [0, 0.1) is 0 Å². The van der Waals surface area contributed by atoms with E-state index in [-0.39, 0.29) is 5.91 Å². The molecule has 3 rings (SSSR count). The van der Waals surface area contributed by atoms with Gasteiger partial charge in [-0.15, -0.1) is 0 Å². The third kappa shape index (κ3) is 5.33. The predicted octanol–water partition coefficient (Wildman–Crippen LogP) is 3.13. The van der Waals surface area contributed by atoms with E-state index in [4.69, 9.17) is 0 Å². The van der Waals surface area contributed by atoms with Gasteiger partial charge in [-0.2, -0.15) is 11.3 Å². The predicted molar refractivity (Wildman–Crippen MR) is 107 cm³/mol. The van der Waals surface area contributed by atoms with Crippen molar-refractivity contribution in [1.82, 2.24) is 15.5 Å². The monoisotopic (exact) mass is 370 g/mol. The topological polar surface area (TPSA) is 56.7 Å². The molecular formula is C20H26N4OS. The zero-order valence-corrected chi connectivity index (χ0v) is 16.0. The molecule has 0 spiro atoms.